The molecule has 0 aromatic carbocycles. The van der Waals surface area contributed by atoms with Crippen molar-refractivity contribution in [2.75, 3.05) is 27.3 Å². The summed E-state index contributed by atoms with van der Waals surface area (Å²) in [5.74, 6) is -0.0146. The van der Waals surface area contributed by atoms with Crippen molar-refractivity contribution in [3.05, 3.63) is 0 Å². The second kappa shape index (κ2) is 12.0. The number of ether oxygens (including phenoxy) is 1. The lowest BCUT2D eigenvalue weighted by Gasteiger charge is -2.16. The summed E-state index contributed by atoms with van der Waals surface area (Å²) in [5, 5.41) is 8.64. The van der Waals surface area contributed by atoms with Crippen LogP contribution in [0.1, 0.15) is 51.4 Å². The fraction of sp³-hybridized carbons (Fsp3) is 0.857. The number of aliphatic hydroxyl groups excluding tert-OH is 1. The van der Waals surface area contributed by atoms with Gasteiger partial charge in [-0.15, -0.1) is 0 Å². The molecule has 0 aliphatic heterocycles. The van der Waals surface area contributed by atoms with Crippen LogP contribution in [0.15, 0.2) is 0 Å². The summed E-state index contributed by atoms with van der Waals surface area (Å²) >= 11 is 0. The molecule has 0 saturated carbocycles. The van der Waals surface area contributed by atoms with E-state index in [-0.39, 0.29) is 18.5 Å². The van der Waals surface area contributed by atoms with Crippen LogP contribution in [0.25, 0.3) is 0 Å². The minimum atomic E-state index is -0.156. The highest BCUT2D eigenvalue weighted by Crippen LogP contribution is 2.06. The number of carbonyl (C=O) groups excluding carboxylic acids is 2. The lowest BCUT2D eigenvalue weighted by Crippen LogP contribution is -2.27. The number of aliphatic hydroxyl groups is 1. The summed E-state index contributed by atoms with van der Waals surface area (Å²) < 4.78 is 4.56. The smallest absolute Gasteiger partial charge is 0.305 e. The first-order valence-corrected chi connectivity index (χ1v) is 7.03. The quantitative estimate of drug-likeness (QED) is 0.460. The normalized spacial score (nSPS) is 10.3. The van der Waals surface area contributed by atoms with Gasteiger partial charge in [0.2, 0.25) is 5.91 Å². The largest absolute Gasteiger partial charge is 0.469 e. The van der Waals surface area contributed by atoms with Gasteiger partial charge in [0.15, 0.2) is 0 Å². The van der Waals surface area contributed by atoms with Gasteiger partial charge in [0.1, 0.15) is 0 Å². The predicted molar refractivity (Wildman–Crippen MR) is 73.7 cm³/mol. The molecule has 5 nitrogen and oxygen atoms in total. The zero-order chi connectivity index (χ0) is 14.5. The number of rotatable bonds is 11. The molecule has 0 radical (unpaired) electrons. The van der Waals surface area contributed by atoms with Crippen molar-refractivity contribution in [2.45, 2.75) is 51.4 Å². The van der Waals surface area contributed by atoms with Crippen LogP contribution >= 0.6 is 0 Å². The molecule has 0 aliphatic carbocycles. The lowest BCUT2D eigenvalue weighted by atomic mass is 10.1. The Labute approximate surface area is 115 Å². The van der Waals surface area contributed by atoms with Crippen molar-refractivity contribution >= 4 is 11.9 Å². The van der Waals surface area contributed by atoms with E-state index in [4.69, 9.17) is 5.11 Å². The Kier molecular flexibility index (Phi) is 11.3. The Bertz CT molecular complexity index is 256. The highest BCUT2D eigenvalue weighted by molar-refractivity contribution is 5.75. The second-order valence-electron chi connectivity index (χ2n) is 4.74. The highest BCUT2D eigenvalue weighted by atomic mass is 16.5. The molecule has 0 saturated heterocycles. The summed E-state index contributed by atoms with van der Waals surface area (Å²) in [4.78, 5) is 24.3. The topological polar surface area (TPSA) is 66.8 Å². The number of carbonyl (C=O) groups is 2. The van der Waals surface area contributed by atoms with Gasteiger partial charge in [-0.25, -0.2) is 0 Å². The third kappa shape index (κ3) is 10.5. The van der Waals surface area contributed by atoms with E-state index in [9.17, 15) is 9.59 Å². The van der Waals surface area contributed by atoms with Crippen molar-refractivity contribution in [3.63, 3.8) is 0 Å². The molecule has 0 aliphatic rings. The Morgan fingerprint density at radius 2 is 1.63 bits per heavy atom. The standard InChI is InChI=1S/C14H27NO4/c1-15(13(17)9-6-8-12-16)11-7-4-3-5-10-14(18)19-2/h16H,3-12H2,1-2H3. The fourth-order valence-electron chi connectivity index (χ4n) is 1.78. The van der Waals surface area contributed by atoms with Crippen molar-refractivity contribution in [1.82, 2.24) is 4.90 Å². The van der Waals surface area contributed by atoms with E-state index in [0.29, 0.717) is 19.3 Å². The predicted octanol–water partition coefficient (Wildman–Crippen LogP) is 1.73. The number of nitrogens with zero attached hydrogens (tertiary/aromatic N) is 1. The van der Waals surface area contributed by atoms with E-state index < -0.39 is 0 Å². The Morgan fingerprint density at radius 1 is 1.00 bits per heavy atom. The highest BCUT2D eigenvalue weighted by Gasteiger charge is 2.07. The molecule has 0 heterocycles. The number of amides is 1. The monoisotopic (exact) mass is 273 g/mol. The van der Waals surface area contributed by atoms with E-state index in [1.54, 1.807) is 4.90 Å². The molecule has 0 bridgehead atoms. The summed E-state index contributed by atoms with van der Waals surface area (Å²) in [6.07, 6.45) is 6.24. The van der Waals surface area contributed by atoms with E-state index in [0.717, 1.165) is 38.6 Å². The maximum absolute atomic E-state index is 11.6. The summed E-state index contributed by atoms with van der Waals surface area (Å²) in [7, 11) is 3.22. The Hall–Kier alpha value is -1.10. The molecule has 19 heavy (non-hydrogen) atoms. The minimum Gasteiger partial charge on any atom is -0.469 e. The van der Waals surface area contributed by atoms with Gasteiger partial charge in [-0.3, -0.25) is 9.59 Å². The summed E-state index contributed by atoms with van der Waals surface area (Å²) in [6.45, 7) is 0.910. The van der Waals surface area contributed by atoms with Crippen molar-refractivity contribution in [2.24, 2.45) is 0 Å². The van der Waals surface area contributed by atoms with Crippen LogP contribution in [-0.4, -0.2) is 49.2 Å². The third-order valence-electron chi connectivity index (χ3n) is 3.08. The van der Waals surface area contributed by atoms with Crippen molar-refractivity contribution in [1.29, 1.82) is 0 Å². The van der Waals surface area contributed by atoms with Gasteiger partial charge in [-0.05, 0) is 25.7 Å². The molecule has 0 aromatic heterocycles. The van der Waals surface area contributed by atoms with E-state index in [1.165, 1.54) is 7.11 Å². The van der Waals surface area contributed by atoms with Gasteiger partial charge >= 0.3 is 5.97 Å². The van der Waals surface area contributed by atoms with E-state index >= 15 is 0 Å². The maximum atomic E-state index is 11.6. The number of hydrogen-bond acceptors (Lipinski definition) is 4. The number of methoxy groups -OCH3 is 1. The fourth-order valence-corrected chi connectivity index (χ4v) is 1.78. The number of unbranched alkanes of at least 4 members (excludes halogenated alkanes) is 4. The molecular weight excluding hydrogens is 246 g/mol. The number of esters is 1. The van der Waals surface area contributed by atoms with Crippen LogP contribution in [0.3, 0.4) is 0 Å². The molecule has 0 unspecified atom stereocenters. The molecule has 0 rings (SSSR count). The molecule has 0 spiro atoms. The Balaban J connectivity index is 3.44. The van der Waals surface area contributed by atoms with Gasteiger partial charge in [0, 0.05) is 33.0 Å². The second-order valence-corrected chi connectivity index (χ2v) is 4.74. The molecule has 0 aromatic rings. The van der Waals surface area contributed by atoms with Crippen molar-refractivity contribution in [3.8, 4) is 0 Å². The van der Waals surface area contributed by atoms with E-state index in [1.807, 2.05) is 7.05 Å². The maximum Gasteiger partial charge on any atom is 0.305 e. The SMILES string of the molecule is COC(=O)CCCCCCN(C)C(=O)CCCCO. The van der Waals surface area contributed by atoms with Gasteiger partial charge in [0.25, 0.3) is 0 Å². The van der Waals surface area contributed by atoms with Gasteiger partial charge in [-0.1, -0.05) is 12.8 Å². The summed E-state index contributed by atoms with van der Waals surface area (Å²) in [5.41, 5.74) is 0. The molecular formula is C14H27NO4. The van der Waals surface area contributed by atoms with Crippen molar-refractivity contribution < 1.29 is 19.4 Å². The first kappa shape index (κ1) is 17.9. The zero-order valence-electron chi connectivity index (χ0n) is 12.2. The molecule has 0 atom stereocenters. The average Bonchev–Trinajstić information content (AvgIpc) is 2.42. The zero-order valence-corrected chi connectivity index (χ0v) is 12.2. The van der Waals surface area contributed by atoms with Crippen LogP contribution in [0.5, 0.6) is 0 Å². The average molecular weight is 273 g/mol. The summed E-state index contributed by atoms with van der Waals surface area (Å²) in [6, 6.07) is 0. The Morgan fingerprint density at radius 3 is 2.26 bits per heavy atom. The molecule has 5 heteroatoms. The van der Waals surface area contributed by atoms with Crippen LogP contribution in [0.4, 0.5) is 0 Å². The molecule has 112 valence electrons. The van der Waals surface area contributed by atoms with Crippen LogP contribution < -0.4 is 0 Å². The lowest BCUT2D eigenvalue weighted by molar-refractivity contribution is -0.140. The first-order valence-electron chi connectivity index (χ1n) is 7.03. The van der Waals surface area contributed by atoms with Gasteiger partial charge < -0.3 is 14.7 Å². The molecule has 1 N–H and O–H groups in total. The van der Waals surface area contributed by atoms with Crippen LogP contribution in [0.2, 0.25) is 0 Å². The van der Waals surface area contributed by atoms with Crippen LogP contribution in [0, 0.1) is 0 Å². The van der Waals surface area contributed by atoms with Gasteiger partial charge in [-0.2, -0.15) is 0 Å². The van der Waals surface area contributed by atoms with Gasteiger partial charge in [0.05, 0.1) is 7.11 Å². The molecule has 1 amide bonds. The third-order valence-corrected chi connectivity index (χ3v) is 3.08. The first-order chi connectivity index (χ1) is 9.11. The van der Waals surface area contributed by atoms with E-state index in [2.05, 4.69) is 4.74 Å². The minimum absolute atomic E-state index is 0.142. The van der Waals surface area contributed by atoms with Crippen LogP contribution in [-0.2, 0) is 14.3 Å². The number of hydrogen-bond donors (Lipinski definition) is 1. The molecule has 0 fully saturated rings.